The molecule has 3 heterocycles. The van der Waals surface area contributed by atoms with Crippen LogP contribution in [0.3, 0.4) is 0 Å². The molecule has 5 heteroatoms. The minimum atomic E-state index is 0.292. The Kier molecular flexibility index (Phi) is 4.38. The summed E-state index contributed by atoms with van der Waals surface area (Å²) < 4.78 is 0. The molecule has 0 amide bonds. The van der Waals surface area contributed by atoms with Gasteiger partial charge in [-0.2, -0.15) is 0 Å². The molecule has 0 aromatic carbocycles. The number of aryl methyl sites for hydroxylation is 1. The number of hydrogen-bond donors (Lipinski definition) is 1. The largest absolute Gasteiger partial charge is 0.357 e. The van der Waals surface area contributed by atoms with E-state index in [9.17, 15) is 0 Å². The molecule has 1 aliphatic rings. The monoisotopic (exact) mass is 303 g/mol. The number of thioether (sulfide) groups is 1. The van der Waals surface area contributed by atoms with Crippen LogP contribution in [0.4, 0.5) is 0 Å². The molecule has 1 aliphatic heterocycles. The molecule has 3 rings (SSSR count). The molecule has 1 N–H and O–H groups in total. The second-order valence-corrected chi connectivity index (χ2v) is 6.84. The van der Waals surface area contributed by atoms with E-state index in [4.69, 9.17) is 0 Å². The van der Waals surface area contributed by atoms with E-state index >= 15 is 0 Å². The van der Waals surface area contributed by atoms with Gasteiger partial charge in [0.25, 0.3) is 0 Å². The highest BCUT2D eigenvalue weighted by Crippen LogP contribution is 2.26. The van der Waals surface area contributed by atoms with Crippen molar-refractivity contribution in [2.45, 2.75) is 19.4 Å². The van der Waals surface area contributed by atoms with Gasteiger partial charge in [-0.1, -0.05) is 11.8 Å². The molecule has 1 unspecified atom stereocenters. The Labute approximate surface area is 127 Å². The summed E-state index contributed by atoms with van der Waals surface area (Å²) >= 11 is 3.63. The number of aromatic nitrogens is 1. The van der Waals surface area contributed by atoms with Gasteiger partial charge in [0.05, 0.1) is 12.6 Å². The van der Waals surface area contributed by atoms with Crippen molar-refractivity contribution in [2.75, 3.05) is 12.3 Å². The van der Waals surface area contributed by atoms with Gasteiger partial charge in [0.15, 0.2) is 5.17 Å². The fourth-order valence-corrected chi connectivity index (χ4v) is 3.92. The second kappa shape index (κ2) is 6.41. The average Bonchev–Trinajstić information content (AvgIpc) is 3.11. The smallest absolute Gasteiger partial charge is 0.157 e. The topological polar surface area (TPSA) is 37.3 Å². The Bertz CT molecular complexity index is 592. The lowest BCUT2D eigenvalue weighted by Gasteiger charge is -2.18. The number of nitrogens with zero attached hydrogens (tertiary/aromatic N) is 2. The van der Waals surface area contributed by atoms with E-state index in [1.807, 2.05) is 35.5 Å². The number of amidine groups is 1. The van der Waals surface area contributed by atoms with Crippen molar-refractivity contribution in [1.29, 1.82) is 0 Å². The molecule has 0 aliphatic carbocycles. The van der Waals surface area contributed by atoms with E-state index in [1.165, 1.54) is 16.0 Å². The van der Waals surface area contributed by atoms with Gasteiger partial charge in [-0.25, -0.2) is 0 Å². The number of aliphatic imine (C=N–C) groups is 1. The first kappa shape index (κ1) is 13.6. The van der Waals surface area contributed by atoms with Crippen LogP contribution in [-0.4, -0.2) is 22.4 Å². The molecule has 2 aromatic heterocycles. The van der Waals surface area contributed by atoms with Gasteiger partial charge >= 0.3 is 0 Å². The third-order valence-corrected chi connectivity index (χ3v) is 5.24. The van der Waals surface area contributed by atoms with Crippen molar-refractivity contribution < 1.29 is 0 Å². The first-order valence-corrected chi connectivity index (χ1v) is 8.55. The highest BCUT2D eigenvalue weighted by molar-refractivity contribution is 8.14. The minimum Gasteiger partial charge on any atom is -0.357 e. The summed E-state index contributed by atoms with van der Waals surface area (Å²) in [5.74, 6) is 1.09. The van der Waals surface area contributed by atoms with Gasteiger partial charge in [-0.3, -0.25) is 9.98 Å². The molecule has 0 bridgehead atoms. The van der Waals surface area contributed by atoms with Gasteiger partial charge in [0.1, 0.15) is 0 Å². The van der Waals surface area contributed by atoms with Gasteiger partial charge in [-0.15, -0.1) is 11.3 Å². The van der Waals surface area contributed by atoms with Crippen molar-refractivity contribution in [3.63, 3.8) is 0 Å². The van der Waals surface area contributed by atoms with Crippen LogP contribution in [0, 0.1) is 6.92 Å². The maximum absolute atomic E-state index is 4.51. The molecule has 20 heavy (non-hydrogen) atoms. The fourth-order valence-electron chi connectivity index (χ4n) is 2.18. The van der Waals surface area contributed by atoms with E-state index < -0.39 is 0 Å². The summed E-state index contributed by atoms with van der Waals surface area (Å²) in [5, 5.41) is 6.88. The Morgan fingerprint density at radius 2 is 2.20 bits per heavy atom. The zero-order valence-corrected chi connectivity index (χ0v) is 13.0. The SMILES string of the molecule is Cc1csc(C(Cc2ccncc2)NC2=NCCS2)c1. The van der Waals surface area contributed by atoms with Crippen molar-refractivity contribution in [2.24, 2.45) is 4.99 Å². The first-order chi connectivity index (χ1) is 9.81. The number of nitrogens with one attached hydrogen (secondary N) is 1. The zero-order chi connectivity index (χ0) is 13.8. The van der Waals surface area contributed by atoms with Crippen LogP contribution in [0.15, 0.2) is 41.0 Å². The molecule has 0 radical (unpaired) electrons. The molecule has 1 atom stereocenters. The summed E-state index contributed by atoms with van der Waals surface area (Å²) in [6.07, 6.45) is 4.67. The quantitative estimate of drug-likeness (QED) is 0.940. The van der Waals surface area contributed by atoms with Gasteiger partial charge in [0.2, 0.25) is 0 Å². The van der Waals surface area contributed by atoms with E-state index in [1.54, 1.807) is 0 Å². The highest BCUT2D eigenvalue weighted by atomic mass is 32.2. The molecule has 0 saturated carbocycles. The maximum atomic E-state index is 4.51. The Balaban J connectivity index is 1.79. The van der Waals surface area contributed by atoms with Gasteiger partial charge in [0, 0.05) is 23.0 Å². The van der Waals surface area contributed by atoms with Crippen molar-refractivity contribution in [3.8, 4) is 0 Å². The highest BCUT2D eigenvalue weighted by Gasteiger charge is 2.18. The summed E-state index contributed by atoms with van der Waals surface area (Å²) in [6, 6.07) is 6.72. The predicted molar refractivity (Wildman–Crippen MR) is 87.6 cm³/mol. The molecular weight excluding hydrogens is 286 g/mol. The summed E-state index contributed by atoms with van der Waals surface area (Å²) in [7, 11) is 0. The standard InChI is InChI=1S/C15H17N3S2/c1-11-8-14(20-10-11)13(18-15-17-6-7-19-15)9-12-2-4-16-5-3-12/h2-5,8,10,13H,6-7,9H2,1H3,(H,17,18). The van der Waals surface area contributed by atoms with E-state index in [0.717, 1.165) is 23.9 Å². The van der Waals surface area contributed by atoms with Crippen LogP contribution in [0.25, 0.3) is 0 Å². The molecule has 0 saturated heterocycles. The van der Waals surface area contributed by atoms with Crippen LogP contribution < -0.4 is 5.32 Å². The molecule has 0 fully saturated rings. The molecule has 0 spiro atoms. The third kappa shape index (κ3) is 3.41. The van der Waals surface area contributed by atoms with Gasteiger partial charge in [-0.05, 0) is 48.1 Å². The number of thiophene rings is 1. The van der Waals surface area contributed by atoms with Crippen LogP contribution in [-0.2, 0) is 6.42 Å². The van der Waals surface area contributed by atoms with E-state index in [0.29, 0.717) is 6.04 Å². The van der Waals surface area contributed by atoms with Crippen molar-refractivity contribution in [3.05, 3.63) is 52.0 Å². The zero-order valence-electron chi connectivity index (χ0n) is 11.4. The van der Waals surface area contributed by atoms with Crippen LogP contribution in [0.2, 0.25) is 0 Å². The molecule has 104 valence electrons. The second-order valence-electron chi connectivity index (χ2n) is 4.82. The average molecular weight is 303 g/mol. The molecular formula is C15H17N3S2. The summed E-state index contributed by atoms with van der Waals surface area (Å²) in [4.78, 5) is 9.97. The van der Waals surface area contributed by atoms with Gasteiger partial charge < -0.3 is 5.32 Å². The predicted octanol–water partition coefficient (Wildman–Crippen LogP) is 3.43. The lowest BCUT2D eigenvalue weighted by Crippen LogP contribution is -2.26. The van der Waals surface area contributed by atoms with Crippen LogP contribution in [0.5, 0.6) is 0 Å². The number of hydrogen-bond acceptors (Lipinski definition) is 5. The lowest BCUT2D eigenvalue weighted by atomic mass is 10.1. The molecule has 3 nitrogen and oxygen atoms in total. The van der Waals surface area contributed by atoms with Crippen molar-refractivity contribution >= 4 is 28.3 Å². The maximum Gasteiger partial charge on any atom is 0.157 e. The minimum absolute atomic E-state index is 0.292. The van der Waals surface area contributed by atoms with E-state index in [2.05, 4.69) is 45.8 Å². The third-order valence-electron chi connectivity index (χ3n) is 3.17. The summed E-state index contributed by atoms with van der Waals surface area (Å²) in [6.45, 7) is 3.07. The normalized spacial score (nSPS) is 15.9. The van der Waals surface area contributed by atoms with Crippen LogP contribution >= 0.6 is 23.1 Å². The lowest BCUT2D eigenvalue weighted by molar-refractivity contribution is 0.659. The Morgan fingerprint density at radius 1 is 1.35 bits per heavy atom. The van der Waals surface area contributed by atoms with E-state index in [-0.39, 0.29) is 0 Å². The number of rotatable bonds is 4. The van der Waals surface area contributed by atoms with Crippen LogP contribution in [0.1, 0.15) is 22.0 Å². The molecule has 2 aromatic rings. The fraction of sp³-hybridized carbons (Fsp3) is 0.333. The Hall–Kier alpha value is -1.33. The Morgan fingerprint density at radius 3 is 2.85 bits per heavy atom. The van der Waals surface area contributed by atoms with Crippen molar-refractivity contribution in [1.82, 2.24) is 10.3 Å². The summed E-state index contributed by atoms with van der Waals surface area (Å²) in [5.41, 5.74) is 2.62. The first-order valence-electron chi connectivity index (χ1n) is 6.69. The number of pyridine rings is 1.